The van der Waals surface area contributed by atoms with E-state index in [1.807, 2.05) is 24.3 Å². The van der Waals surface area contributed by atoms with Crippen LogP contribution in [0.2, 0.25) is 0 Å². The Kier molecular flexibility index (Phi) is 4.27. The number of rotatable bonds is 0. The molecule has 0 saturated carbocycles. The zero-order chi connectivity index (χ0) is 5.11. The SMILES string of the molecule is Cl[C-]1C=CC=CC1.[Li+]. The maximum Gasteiger partial charge on any atom is 1.00 e. The van der Waals surface area contributed by atoms with E-state index >= 15 is 0 Å². The van der Waals surface area contributed by atoms with Crippen molar-refractivity contribution >= 4 is 11.6 Å². The molecule has 0 aliphatic heterocycles. The molecule has 0 heterocycles. The van der Waals surface area contributed by atoms with Crippen molar-refractivity contribution in [2.75, 3.05) is 0 Å². The van der Waals surface area contributed by atoms with Crippen LogP contribution in [0.4, 0.5) is 0 Å². The third-order valence-electron chi connectivity index (χ3n) is 0.837. The van der Waals surface area contributed by atoms with Crippen LogP contribution in [0.3, 0.4) is 0 Å². The van der Waals surface area contributed by atoms with Crippen LogP contribution >= 0.6 is 11.6 Å². The van der Waals surface area contributed by atoms with E-state index in [9.17, 15) is 0 Å². The van der Waals surface area contributed by atoms with E-state index in [0.717, 1.165) is 11.8 Å². The Morgan fingerprint density at radius 1 is 1.38 bits per heavy atom. The molecule has 0 spiro atoms. The van der Waals surface area contributed by atoms with Gasteiger partial charge in [0.15, 0.2) is 0 Å². The Morgan fingerprint density at radius 2 is 2.12 bits per heavy atom. The summed E-state index contributed by atoms with van der Waals surface area (Å²) >= 11 is 5.60. The van der Waals surface area contributed by atoms with Crippen molar-refractivity contribution in [3.8, 4) is 0 Å². The fourth-order valence-electron chi connectivity index (χ4n) is 0.487. The van der Waals surface area contributed by atoms with Gasteiger partial charge in [-0.25, -0.2) is 23.8 Å². The van der Waals surface area contributed by atoms with Crippen molar-refractivity contribution in [3.05, 3.63) is 29.7 Å². The maximum atomic E-state index is 5.60. The second-order valence-corrected chi connectivity index (χ2v) is 1.92. The summed E-state index contributed by atoms with van der Waals surface area (Å²) in [5.74, 6) is 0. The van der Waals surface area contributed by atoms with Crippen LogP contribution in [0.25, 0.3) is 0 Å². The maximum absolute atomic E-state index is 5.60. The predicted molar refractivity (Wildman–Crippen MR) is 32.0 cm³/mol. The number of halogens is 1. The first kappa shape index (κ1) is 8.24. The minimum absolute atomic E-state index is 0. The van der Waals surface area contributed by atoms with Gasteiger partial charge in [-0.05, 0) is 0 Å². The van der Waals surface area contributed by atoms with Crippen LogP contribution in [-0.2, 0) is 0 Å². The van der Waals surface area contributed by atoms with E-state index in [2.05, 4.69) is 0 Å². The molecule has 38 valence electrons. The van der Waals surface area contributed by atoms with E-state index in [1.54, 1.807) is 0 Å². The molecule has 0 fully saturated rings. The Balaban J connectivity index is 0.000000490. The van der Waals surface area contributed by atoms with Crippen molar-refractivity contribution in [1.29, 1.82) is 0 Å². The fraction of sp³-hybridized carbons (Fsp3) is 0.167. The molecule has 2 heteroatoms. The van der Waals surface area contributed by atoms with Gasteiger partial charge in [-0.2, -0.15) is 0 Å². The van der Waals surface area contributed by atoms with Crippen molar-refractivity contribution in [3.63, 3.8) is 0 Å². The van der Waals surface area contributed by atoms with Crippen LogP contribution < -0.4 is 18.9 Å². The summed E-state index contributed by atoms with van der Waals surface area (Å²) in [7, 11) is 0. The summed E-state index contributed by atoms with van der Waals surface area (Å²) in [6, 6.07) is 0. The monoisotopic (exact) mass is 120 g/mol. The summed E-state index contributed by atoms with van der Waals surface area (Å²) < 4.78 is 0. The van der Waals surface area contributed by atoms with Gasteiger partial charge < -0.3 is 0 Å². The largest absolute Gasteiger partial charge is 1.00 e. The van der Waals surface area contributed by atoms with Gasteiger partial charge >= 0.3 is 18.9 Å². The molecule has 0 nitrogen and oxygen atoms in total. The zero-order valence-electron chi connectivity index (χ0n) is 4.89. The molecule has 0 aromatic heterocycles. The average Bonchev–Trinajstić information content (AvgIpc) is 1.69. The summed E-state index contributed by atoms with van der Waals surface area (Å²) in [5.41, 5.74) is 0. The van der Waals surface area contributed by atoms with Crippen molar-refractivity contribution in [2.45, 2.75) is 6.42 Å². The van der Waals surface area contributed by atoms with E-state index < -0.39 is 0 Å². The van der Waals surface area contributed by atoms with Crippen LogP contribution in [-0.4, -0.2) is 0 Å². The minimum atomic E-state index is 0. The molecule has 0 atom stereocenters. The molecule has 0 bridgehead atoms. The first-order valence-electron chi connectivity index (χ1n) is 2.24. The van der Waals surface area contributed by atoms with Crippen LogP contribution in [0.5, 0.6) is 0 Å². The average molecular weight is 121 g/mol. The molecule has 0 aromatic carbocycles. The van der Waals surface area contributed by atoms with E-state index in [1.165, 1.54) is 0 Å². The van der Waals surface area contributed by atoms with Gasteiger partial charge in [-0.1, -0.05) is 6.42 Å². The first-order valence-corrected chi connectivity index (χ1v) is 2.62. The Morgan fingerprint density at radius 3 is 2.38 bits per heavy atom. The molecule has 0 unspecified atom stereocenters. The van der Waals surface area contributed by atoms with Crippen LogP contribution in [0.1, 0.15) is 6.42 Å². The molecule has 8 heavy (non-hydrogen) atoms. The molecule has 0 radical (unpaired) electrons. The van der Waals surface area contributed by atoms with Gasteiger partial charge in [0.25, 0.3) is 0 Å². The Bertz CT molecular complexity index is 107. The summed E-state index contributed by atoms with van der Waals surface area (Å²) in [5, 5.41) is 0.919. The van der Waals surface area contributed by atoms with Gasteiger partial charge in [-0.3, -0.25) is 0 Å². The summed E-state index contributed by atoms with van der Waals surface area (Å²) in [6.07, 6.45) is 8.76. The van der Waals surface area contributed by atoms with E-state index in [-0.39, 0.29) is 18.9 Å². The second-order valence-electron chi connectivity index (χ2n) is 1.44. The van der Waals surface area contributed by atoms with Crippen molar-refractivity contribution in [2.24, 2.45) is 0 Å². The molecule has 0 aromatic rings. The zero-order valence-corrected chi connectivity index (χ0v) is 5.65. The standard InChI is InChI=1S/C6H6Cl.Li/c7-6-4-2-1-3-5-6;/h1-4H,5H2;/q-1;+1. The molecule has 0 saturated heterocycles. The second kappa shape index (κ2) is 4.15. The van der Waals surface area contributed by atoms with E-state index in [4.69, 9.17) is 11.6 Å². The number of hydrogen-bond donors (Lipinski definition) is 0. The molecular formula is C6H6ClLi. The summed E-state index contributed by atoms with van der Waals surface area (Å²) in [4.78, 5) is 0. The third-order valence-corrected chi connectivity index (χ3v) is 1.12. The molecular weight excluding hydrogens is 114 g/mol. The molecule has 1 rings (SSSR count). The van der Waals surface area contributed by atoms with Gasteiger partial charge in [0, 0.05) is 0 Å². The van der Waals surface area contributed by atoms with E-state index in [0.29, 0.717) is 0 Å². The predicted octanol–water partition coefficient (Wildman–Crippen LogP) is -0.723. The molecule has 1 aliphatic rings. The molecule has 1 aliphatic carbocycles. The Labute approximate surface area is 66.8 Å². The first-order chi connectivity index (χ1) is 3.39. The van der Waals surface area contributed by atoms with Gasteiger partial charge in [0.2, 0.25) is 0 Å². The quantitative estimate of drug-likeness (QED) is 0.292. The topological polar surface area (TPSA) is 0 Å². The van der Waals surface area contributed by atoms with Crippen molar-refractivity contribution < 1.29 is 18.9 Å². The fourth-order valence-corrected chi connectivity index (χ4v) is 0.649. The molecule has 0 amide bonds. The third kappa shape index (κ3) is 2.52. The van der Waals surface area contributed by atoms with Crippen molar-refractivity contribution in [1.82, 2.24) is 0 Å². The number of hydrogen-bond acceptors (Lipinski definition) is 0. The summed E-state index contributed by atoms with van der Waals surface area (Å²) in [6.45, 7) is 0. The minimum Gasteiger partial charge on any atom is -0.210 e. The van der Waals surface area contributed by atoms with Crippen LogP contribution in [0.15, 0.2) is 24.3 Å². The molecule has 0 N–H and O–H groups in total. The van der Waals surface area contributed by atoms with Crippen LogP contribution in [0, 0.1) is 5.38 Å². The van der Waals surface area contributed by atoms with Gasteiger partial charge in [0.05, 0.1) is 0 Å². The normalized spacial score (nSPS) is 15.9. The van der Waals surface area contributed by atoms with Gasteiger partial charge in [-0.15, -0.1) is 17.5 Å². The smallest absolute Gasteiger partial charge is 0.210 e. The number of allylic oxidation sites excluding steroid dienone is 4. The van der Waals surface area contributed by atoms with Gasteiger partial charge in [0.1, 0.15) is 0 Å². The Hall–Kier alpha value is 0.237.